The largest absolute Gasteiger partial charge is 0.496 e. The summed E-state index contributed by atoms with van der Waals surface area (Å²) in [5.74, 6) is 3.90. The van der Waals surface area contributed by atoms with E-state index < -0.39 is 0 Å². The fourth-order valence-electron chi connectivity index (χ4n) is 2.98. The zero-order valence-corrected chi connectivity index (χ0v) is 18.0. The number of rotatable bonds is 11. The van der Waals surface area contributed by atoms with Gasteiger partial charge < -0.3 is 29.4 Å². The quantitative estimate of drug-likeness (QED) is 0.434. The topological polar surface area (TPSA) is 94.8 Å². The molecule has 29 heavy (non-hydrogen) atoms. The van der Waals surface area contributed by atoms with Crippen LogP contribution < -0.4 is 24.8 Å². The van der Waals surface area contributed by atoms with Crippen molar-refractivity contribution in [2.75, 3.05) is 41.0 Å². The van der Waals surface area contributed by atoms with Gasteiger partial charge in [-0.2, -0.15) is 0 Å². The smallest absolute Gasteiger partial charge is 0.191 e. The summed E-state index contributed by atoms with van der Waals surface area (Å²) in [6.45, 7) is 6.99. The van der Waals surface area contributed by atoms with Crippen LogP contribution in [-0.4, -0.2) is 61.7 Å². The number of aromatic nitrogens is 3. The van der Waals surface area contributed by atoms with E-state index in [0.717, 1.165) is 54.9 Å². The average Bonchev–Trinajstić information content (AvgIpc) is 3.20. The van der Waals surface area contributed by atoms with Crippen molar-refractivity contribution in [2.24, 2.45) is 4.99 Å². The third kappa shape index (κ3) is 6.27. The molecule has 0 amide bonds. The second-order valence-corrected chi connectivity index (χ2v) is 6.24. The van der Waals surface area contributed by atoms with Crippen molar-refractivity contribution in [1.29, 1.82) is 0 Å². The number of nitrogens with one attached hydrogen (secondary N) is 2. The second kappa shape index (κ2) is 11.8. The summed E-state index contributed by atoms with van der Waals surface area (Å²) < 4.78 is 18.4. The Balaban J connectivity index is 1.99. The summed E-state index contributed by atoms with van der Waals surface area (Å²) in [6.07, 6.45) is 3.30. The Bertz CT molecular complexity index is 765. The molecule has 0 aliphatic carbocycles. The summed E-state index contributed by atoms with van der Waals surface area (Å²) in [4.78, 5) is 4.68. The Kier molecular flexibility index (Phi) is 9.07. The molecule has 0 unspecified atom stereocenters. The number of methoxy groups -OCH3 is 3. The molecule has 160 valence electrons. The van der Waals surface area contributed by atoms with Gasteiger partial charge in [0.25, 0.3) is 0 Å². The molecule has 1 aromatic carbocycles. The van der Waals surface area contributed by atoms with Gasteiger partial charge in [0.05, 0.1) is 21.3 Å². The molecule has 0 bridgehead atoms. The highest BCUT2D eigenvalue weighted by Gasteiger charge is 2.13. The molecule has 0 saturated heterocycles. The minimum absolute atomic E-state index is 0.585. The van der Waals surface area contributed by atoms with Crippen molar-refractivity contribution in [2.45, 2.75) is 33.2 Å². The van der Waals surface area contributed by atoms with Crippen molar-refractivity contribution < 1.29 is 14.2 Å². The minimum atomic E-state index is 0.585. The summed E-state index contributed by atoms with van der Waals surface area (Å²) >= 11 is 0. The molecule has 1 aromatic heterocycles. The fourth-order valence-corrected chi connectivity index (χ4v) is 2.98. The van der Waals surface area contributed by atoms with Crippen LogP contribution in [0.3, 0.4) is 0 Å². The Hall–Kier alpha value is -2.97. The van der Waals surface area contributed by atoms with Crippen LogP contribution in [0.4, 0.5) is 0 Å². The van der Waals surface area contributed by atoms with Crippen LogP contribution in [0.15, 0.2) is 23.5 Å². The Morgan fingerprint density at radius 2 is 1.79 bits per heavy atom. The molecule has 2 aromatic rings. The van der Waals surface area contributed by atoms with Gasteiger partial charge >= 0.3 is 0 Å². The predicted molar refractivity (Wildman–Crippen MR) is 113 cm³/mol. The Labute approximate surface area is 172 Å². The molecule has 0 aliphatic heterocycles. The number of ether oxygens (including phenoxy) is 3. The monoisotopic (exact) mass is 404 g/mol. The third-order valence-corrected chi connectivity index (χ3v) is 4.45. The summed E-state index contributed by atoms with van der Waals surface area (Å²) in [6, 6.07) is 3.71. The van der Waals surface area contributed by atoms with Crippen LogP contribution in [0.1, 0.15) is 25.2 Å². The Morgan fingerprint density at radius 1 is 1.07 bits per heavy atom. The van der Waals surface area contributed by atoms with E-state index in [2.05, 4.69) is 32.7 Å². The molecule has 2 N–H and O–H groups in total. The van der Waals surface area contributed by atoms with E-state index >= 15 is 0 Å². The van der Waals surface area contributed by atoms with Crippen LogP contribution in [0.2, 0.25) is 0 Å². The summed E-state index contributed by atoms with van der Waals surface area (Å²) in [5, 5.41) is 14.7. The third-order valence-electron chi connectivity index (χ3n) is 4.45. The number of aryl methyl sites for hydroxylation is 1. The van der Waals surface area contributed by atoms with Gasteiger partial charge in [0, 0.05) is 50.3 Å². The van der Waals surface area contributed by atoms with E-state index in [1.54, 1.807) is 27.7 Å². The first-order valence-corrected chi connectivity index (χ1v) is 9.84. The molecular formula is C20H32N6O3. The van der Waals surface area contributed by atoms with E-state index in [-0.39, 0.29) is 0 Å². The van der Waals surface area contributed by atoms with E-state index in [9.17, 15) is 0 Å². The lowest BCUT2D eigenvalue weighted by Gasteiger charge is -2.15. The van der Waals surface area contributed by atoms with Crippen LogP contribution in [-0.2, 0) is 19.4 Å². The van der Waals surface area contributed by atoms with Gasteiger partial charge in [-0.25, -0.2) is 0 Å². The molecule has 0 saturated carbocycles. The highest BCUT2D eigenvalue weighted by atomic mass is 16.5. The maximum Gasteiger partial charge on any atom is 0.191 e. The molecule has 1 heterocycles. The lowest BCUT2D eigenvalue weighted by molar-refractivity contribution is 0.369. The maximum atomic E-state index is 5.51. The molecule has 2 rings (SSSR count). The maximum absolute atomic E-state index is 5.51. The normalized spacial score (nSPS) is 11.3. The van der Waals surface area contributed by atoms with Crippen molar-refractivity contribution >= 4 is 5.96 Å². The molecule has 9 nitrogen and oxygen atoms in total. The van der Waals surface area contributed by atoms with Crippen molar-refractivity contribution in [3.8, 4) is 17.2 Å². The van der Waals surface area contributed by atoms with Gasteiger partial charge in [0.2, 0.25) is 0 Å². The first-order valence-electron chi connectivity index (χ1n) is 9.84. The van der Waals surface area contributed by atoms with Crippen molar-refractivity contribution in [3.05, 3.63) is 29.8 Å². The van der Waals surface area contributed by atoms with Gasteiger partial charge in [0.15, 0.2) is 5.96 Å². The predicted octanol–water partition coefficient (Wildman–Crippen LogP) is 1.66. The van der Waals surface area contributed by atoms with E-state index in [0.29, 0.717) is 18.7 Å². The number of aliphatic imine (C=N–C) groups is 1. The number of benzene rings is 1. The first-order chi connectivity index (χ1) is 14.2. The van der Waals surface area contributed by atoms with Crippen LogP contribution in [0, 0.1) is 0 Å². The van der Waals surface area contributed by atoms with Gasteiger partial charge in [-0.1, -0.05) is 6.92 Å². The van der Waals surface area contributed by atoms with E-state index in [1.165, 1.54) is 0 Å². The van der Waals surface area contributed by atoms with Crippen LogP contribution in [0.5, 0.6) is 17.2 Å². The van der Waals surface area contributed by atoms with Gasteiger partial charge in [-0.3, -0.25) is 4.99 Å². The molecule has 0 fully saturated rings. The average molecular weight is 405 g/mol. The number of nitrogens with zero attached hydrogens (tertiary/aromatic N) is 4. The minimum Gasteiger partial charge on any atom is -0.496 e. The zero-order chi connectivity index (χ0) is 21.1. The van der Waals surface area contributed by atoms with Crippen LogP contribution >= 0.6 is 0 Å². The van der Waals surface area contributed by atoms with Gasteiger partial charge in [-0.05, 0) is 13.3 Å². The standard InChI is InChI=1S/C20H32N6O3/c1-6-19-25-24-14-26(19)11-10-23-20(21-7-2)22-9-8-16-17(28-4)12-15(27-3)13-18(16)29-5/h12-14H,6-11H2,1-5H3,(H2,21,22,23). The Morgan fingerprint density at radius 3 is 2.38 bits per heavy atom. The van der Waals surface area contributed by atoms with Crippen molar-refractivity contribution in [3.63, 3.8) is 0 Å². The second-order valence-electron chi connectivity index (χ2n) is 6.24. The van der Waals surface area contributed by atoms with Gasteiger partial charge in [0.1, 0.15) is 29.4 Å². The zero-order valence-electron chi connectivity index (χ0n) is 18.0. The lowest BCUT2D eigenvalue weighted by Crippen LogP contribution is -2.39. The first kappa shape index (κ1) is 22.3. The van der Waals surface area contributed by atoms with E-state index in [4.69, 9.17) is 14.2 Å². The summed E-state index contributed by atoms with van der Waals surface area (Å²) in [7, 11) is 4.90. The lowest BCUT2D eigenvalue weighted by atomic mass is 10.1. The molecular weight excluding hydrogens is 372 g/mol. The number of hydrogen-bond donors (Lipinski definition) is 2. The van der Waals surface area contributed by atoms with Crippen LogP contribution in [0.25, 0.3) is 0 Å². The fraction of sp³-hybridized carbons (Fsp3) is 0.550. The van der Waals surface area contributed by atoms with Gasteiger partial charge in [-0.15, -0.1) is 10.2 Å². The molecule has 0 spiro atoms. The number of guanidine groups is 1. The molecule has 0 aliphatic rings. The van der Waals surface area contributed by atoms with E-state index in [1.807, 2.05) is 23.6 Å². The highest BCUT2D eigenvalue weighted by Crippen LogP contribution is 2.34. The SMILES string of the molecule is CCNC(=NCCc1c(OC)cc(OC)cc1OC)NCCn1cnnc1CC. The highest BCUT2D eigenvalue weighted by molar-refractivity contribution is 5.79. The number of hydrogen-bond acceptors (Lipinski definition) is 6. The van der Waals surface area contributed by atoms with Crippen molar-refractivity contribution in [1.82, 2.24) is 25.4 Å². The molecule has 0 atom stereocenters. The molecule has 9 heteroatoms. The summed E-state index contributed by atoms with van der Waals surface area (Å²) in [5.41, 5.74) is 0.965. The molecule has 0 radical (unpaired) electrons.